The Morgan fingerprint density at radius 2 is 2.19 bits per heavy atom. The van der Waals surface area contributed by atoms with Crippen LogP contribution < -0.4 is 15.8 Å². The number of ether oxygens (including phenoxy) is 2. The summed E-state index contributed by atoms with van der Waals surface area (Å²) >= 11 is 0. The summed E-state index contributed by atoms with van der Waals surface area (Å²) in [7, 11) is 0. The third kappa shape index (κ3) is 5.38. The highest BCUT2D eigenvalue weighted by molar-refractivity contribution is 5.92. The summed E-state index contributed by atoms with van der Waals surface area (Å²) in [6, 6.07) is 7.65. The molecule has 114 valence electrons. The average Bonchev–Trinajstić information content (AvgIpc) is 2.48. The maximum Gasteiger partial charge on any atom is 0.193 e. The lowest BCUT2D eigenvalue weighted by molar-refractivity contribution is 0.131. The van der Waals surface area contributed by atoms with Crippen molar-refractivity contribution in [1.29, 1.82) is 0 Å². The van der Waals surface area contributed by atoms with E-state index in [1.807, 2.05) is 44.2 Å². The van der Waals surface area contributed by atoms with E-state index in [9.17, 15) is 0 Å². The number of hydrogen-bond donors (Lipinski definition) is 2. The van der Waals surface area contributed by atoms with Crippen molar-refractivity contribution < 1.29 is 9.47 Å². The molecule has 1 atom stereocenters. The second-order valence-electron chi connectivity index (χ2n) is 5.25. The first-order valence-electron chi connectivity index (χ1n) is 7.27. The van der Waals surface area contributed by atoms with Gasteiger partial charge in [0.25, 0.3) is 0 Å². The van der Waals surface area contributed by atoms with E-state index in [0.29, 0.717) is 12.5 Å². The quantitative estimate of drug-likeness (QED) is 0.646. The molecule has 0 radical (unpaired) electrons. The van der Waals surface area contributed by atoms with Crippen molar-refractivity contribution in [3.8, 4) is 5.75 Å². The Balaban J connectivity index is 1.83. The lowest BCUT2D eigenvalue weighted by Gasteiger charge is -2.17. The van der Waals surface area contributed by atoms with Crippen LogP contribution in [0.5, 0.6) is 5.75 Å². The van der Waals surface area contributed by atoms with Crippen LogP contribution in [0.4, 0.5) is 5.69 Å². The number of anilines is 1. The van der Waals surface area contributed by atoms with Crippen molar-refractivity contribution in [3.63, 3.8) is 0 Å². The van der Waals surface area contributed by atoms with Crippen LogP contribution in [-0.2, 0) is 4.74 Å². The summed E-state index contributed by atoms with van der Waals surface area (Å²) in [6.45, 7) is 4.57. The molecule has 1 heterocycles. The molecule has 0 aromatic heterocycles. The maximum atomic E-state index is 5.88. The zero-order valence-corrected chi connectivity index (χ0v) is 12.6. The summed E-state index contributed by atoms with van der Waals surface area (Å²) in [5, 5.41) is 3.06. The first kappa shape index (κ1) is 15.2. The molecular weight excluding hydrogens is 266 g/mol. The van der Waals surface area contributed by atoms with Gasteiger partial charge in [-0.1, -0.05) is 0 Å². The molecule has 0 bridgehead atoms. The molecule has 0 amide bonds. The predicted octanol–water partition coefficient (Wildman–Crippen LogP) is 2.89. The van der Waals surface area contributed by atoms with E-state index in [-0.39, 0.29) is 12.2 Å². The number of nitrogens with one attached hydrogen (secondary N) is 1. The summed E-state index contributed by atoms with van der Waals surface area (Å²) < 4.78 is 11.0. The van der Waals surface area contributed by atoms with Crippen molar-refractivity contribution in [3.05, 3.63) is 36.6 Å². The molecule has 5 nitrogen and oxygen atoms in total. The minimum absolute atomic E-state index is 0.122. The summed E-state index contributed by atoms with van der Waals surface area (Å²) in [5.41, 5.74) is 6.76. The van der Waals surface area contributed by atoms with Crippen LogP contribution in [0.2, 0.25) is 0 Å². The van der Waals surface area contributed by atoms with E-state index >= 15 is 0 Å². The van der Waals surface area contributed by atoms with Gasteiger partial charge in [0.2, 0.25) is 0 Å². The van der Waals surface area contributed by atoms with Gasteiger partial charge in [0.1, 0.15) is 11.9 Å². The molecule has 1 aromatic rings. The first-order valence-corrected chi connectivity index (χ1v) is 7.27. The van der Waals surface area contributed by atoms with Crippen LogP contribution in [-0.4, -0.2) is 24.7 Å². The highest BCUT2D eigenvalue weighted by Crippen LogP contribution is 2.16. The zero-order valence-electron chi connectivity index (χ0n) is 12.6. The largest absolute Gasteiger partial charge is 0.496 e. The second kappa shape index (κ2) is 7.57. The standard InChI is InChI=1S/C16H23N3O2/c1-12(2)21-14-8-6-13(7-9-14)19-16(17)18-11-15-5-3-4-10-20-15/h4,6-10,12,15H,3,5,11H2,1-2H3,(H3,17,18,19). The van der Waals surface area contributed by atoms with Gasteiger partial charge in [0.15, 0.2) is 5.96 Å². The number of guanidine groups is 1. The van der Waals surface area contributed by atoms with E-state index in [1.54, 1.807) is 6.26 Å². The van der Waals surface area contributed by atoms with Crippen molar-refractivity contribution in [2.24, 2.45) is 10.7 Å². The molecule has 21 heavy (non-hydrogen) atoms. The van der Waals surface area contributed by atoms with Gasteiger partial charge in [-0.25, -0.2) is 4.99 Å². The number of allylic oxidation sites excluding steroid dienone is 1. The molecule has 3 N–H and O–H groups in total. The number of benzene rings is 1. The molecular formula is C16H23N3O2. The van der Waals surface area contributed by atoms with E-state index in [0.717, 1.165) is 24.3 Å². The third-order valence-corrected chi connectivity index (χ3v) is 2.99. The van der Waals surface area contributed by atoms with Crippen molar-refractivity contribution in [2.45, 2.75) is 38.9 Å². The average molecular weight is 289 g/mol. The summed E-state index contributed by atoms with van der Waals surface area (Å²) in [5.74, 6) is 1.24. The molecule has 1 aromatic carbocycles. The Morgan fingerprint density at radius 1 is 1.43 bits per heavy atom. The van der Waals surface area contributed by atoms with Crippen molar-refractivity contribution >= 4 is 11.6 Å². The van der Waals surface area contributed by atoms with E-state index < -0.39 is 0 Å². The molecule has 0 spiro atoms. The molecule has 0 fully saturated rings. The maximum absolute atomic E-state index is 5.88. The van der Waals surface area contributed by atoms with Crippen LogP contribution in [0.1, 0.15) is 26.7 Å². The van der Waals surface area contributed by atoms with Crippen LogP contribution in [0.3, 0.4) is 0 Å². The molecule has 0 saturated heterocycles. The van der Waals surface area contributed by atoms with Crippen LogP contribution in [0.25, 0.3) is 0 Å². The van der Waals surface area contributed by atoms with Crippen LogP contribution >= 0.6 is 0 Å². The van der Waals surface area contributed by atoms with Gasteiger partial charge in [-0.2, -0.15) is 0 Å². The van der Waals surface area contributed by atoms with Gasteiger partial charge in [-0.3, -0.25) is 0 Å². The molecule has 0 aliphatic carbocycles. The normalized spacial score (nSPS) is 18.4. The Labute approximate surface area is 125 Å². The van der Waals surface area contributed by atoms with E-state index in [1.165, 1.54) is 0 Å². The fraction of sp³-hybridized carbons (Fsp3) is 0.438. The molecule has 1 aliphatic rings. The van der Waals surface area contributed by atoms with Gasteiger partial charge in [-0.05, 0) is 57.0 Å². The van der Waals surface area contributed by atoms with E-state index in [4.69, 9.17) is 15.2 Å². The molecule has 5 heteroatoms. The topological polar surface area (TPSA) is 68.9 Å². The zero-order chi connectivity index (χ0) is 15.1. The third-order valence-electron chi connectivity index (χ3n) is 2.99. The molecule has 0 saturated carbocycles. The number of nitrogens with zero attached hydrogens (tertiary/aromatic N) is 1. The fourth-order valence-electron chi connectivity index (χ4n) is 2.00. The lowest BCUT2D eigenvalue weighted by atomic mass is 10.2. The van der Waals surface area contributed by atoms with Crippen LogP contribution in [0, 0.1) is 0 Å². The smallest absolute Gasteiger partial charge is 0.193 e. The van der Waals surface area contributed by atoms with Crippen molar-refractivity contribution in [1.82, 2.24) is 0 Å². The minimum atomic E-state index is 0.122. The highest BCUT2D eigenvalue weighted by atomic mass is 16.5. The number of aliphatic imine (C=N–C) groups is 1. The Morgan fingerprint density at radius 3 is 2.81 bits per heavy atom. The van der Waals surface area contributed by atoms with E-state index in [2.05, 4.69) is 10.3 Å². The van der Waals surface area contributed by atoms with Crippen LogP contribution in [0.15, 0.2) is 41.6 Å². The Kier molecular flexibility index (Phi) is 5.49. The molecule has 1 unspecified atom stereocenters. The van der Waals surface area contributed by atoms with Gasteiger partial charge in [-0.15, -0.1) is 0 Å². The fourth-order valence-corrected chi connectivity index (χ4v) is 2.00. The number of hydrogen-bond acceptors (Lipinski definition) is 3. The van der Waals surface area contributed by atoms with Gasteiger partial charge in [0, 0.05) is 5.69 Å². The monoisotopic (exact) mass is 289 g/mol. The highest BCUT2D eigenvalue weighted by Gasteiger charge is 2.09. The summed E-state index contributed by atoms with van der Waals surface area (Å²) in [6.07, 6.45) is 6.06. The Bertz CT molecular complexity index is 495. The first-order chi connectivity index (χ1) is 10.1. The second-order valence-corrected chi connectivity index (χ2v) is 5.25. The summed E-state index contributed by atoms with van der Waals surface area (Å²) in [4.78, 5) is 4.31. The van der Waals surface area contributed by atoms with Crippen molar-refractivity contribution in [2.75, 3.05) is 11.9 Å². The lowest BCUT2D eigenvalue weighted by Crippen LogP contribution is -2.25. The Hall–Kier alpha value is -2.17. The number of nitrogens with two attached hydrogens (primary N) is 1. The van der Waals surface area contributed by atoms with Gasteiger partial charge >= 0.3 is 0 Å². The minimum Gasteiger partial charge on any atom is -0.496 e. The SMILES string of the molecule is CC(C)Oc1ccc(NC(N)=NCC2CCC=CO2)cc1. The molecule has 2 rings (SSSR count). The predicted molar refractivity (Wildman–Crippen MR) is 85.6 cm³/mol. The number of rotatable bonds is 5. The van der Waals surface area contributed by atoms with Gasteiger partial charge in [0.05, 0.1) is 18.9 Å². The molecule has 1 aliphatic heterocycles. The van der Waals surface area contributed by atoms with Gasteiger partial charge < -0.3 is 20.5 Å².